The van der Waals surface area contributed by atoms with Crippen LogP contribution in [-0.4, -0.2) is 12.1 Å². The molecule has 2 nitrogen and oxygen atoms in total. The van der Waals surface area contributed by atoms with Crippen molar-refractivity contribution < 1.29 is 4.74 Å². The van der Waals surface area contributed by atoms with E-state index >= 15 is 0 Å². The monoisotopic (exact) mass is 179 g/mol. The van der Waals surface area contributed by atoms with Crippen molar-refractivity contribution in [1.82, 2.24) is 0 Å². The van der Waals surface area contributed by atoms with Crippen molar-refractivity contribution in [2.45, 2.75) is 26.4 Å². The third-order valence-corrected chi connectivity index (χ3v) is 1.91. The minimum atomic E-state index is -0.282. The van der Waals surface area contributed by atoms with Crippen LogP contribution in [-0.2, 0) is 0 Å². The average Bonchev–Trinajstić information content (AvgIpc) is 2.09. The van der Waals surface area contributed by atoms with Crippen LogP contribution in [0.3, 0.4) is 0 Å². The molecule has 0 spiro atoms. The molecule has 0 atom stereocenters. The van der Waals surface area contributed by atoms with Crippen molar-refractivity contribution in [3.8, 4) is 5.75 Å². The second kappa shape index (κ2) is 3.79. The molecule has 1 aromatic rings. The molecule has 0 radical (unpaired) electrons. The molecular weight excluding hydrogens is 162 g/mol. The van der Waals surface area contributed by atoms with Gasteiger partial charge in [0.2, 0.25) is 0 Å². The van der Waals surface area contributed by atoms with Crippen LogP contribution in [0.25, 0.3) is 0 Å². The van der Waals surface area contributed by atoms with Crippen LogP contribution in [0, 0.1) is 6.92 Å². The predicted octanol–water partition coefficient (Wildman–Crippen LogP) is 2.11. The summed E-state index contributed by atoms with van der Waals surface area (Å²) in [6.07, 6.45) is 0. The number of hydrogen-bond acceptors (Lipinski definition) is 2. The Kier molecular flexibility index (Phi) is 2.94. The van der Waals surface area contributed by atoms with E-state index in [9.17, 15) is 0 Å². The highest BCUT2D eigenvalue weighted by atomic mass is 16.5. The highest BCUT2D eigenvalue weighted by molar-refractivity contribution is 5.26. The van der Waals surface area contributed by atoms with Crippen molar-refractivity contribution in [3.05, 3.63) is 29.8 Å². The fourth-order valence-electron chi connectivity index (χ4n) is 0.967. The summed E-state index contributed by atoms with van der Waals surface area (Å²) >= 11 is 0. The van der Waals surface area contributed by atoms with Gasteiger partial charge in [0.15, 0.2) is 0 Å². The molecule has 0 saturated carbocycles. The van der Waals surface area contributed by atoms with E-state index in [-0.39, 0.29) is 5.60 Å². The molecule has 1 rings (SSSR count). The van der Waals surface area contributed by atoms with Crippen molar-refractivity contribution in [2.75, 3.05) is 6.54 Å². The first-order valence-corrected chi connectivity index (χ1v) is 4.49. The van der Waals surface area contributed by atoms with Crippen LogP contribution in [0.1, 0.15) is 19.4 Å². The summed E-state index contributed by atoms with van der Waals surface area (Å²) in [4.78, 5) is 0. The second-order valence-corrected chi connectivity index (χ2v) is 3.88. The number of benzene rings is 1. The van der Waals surface area contributed by atoms with Crippen molar-refractivity contribution in [1.29, 1.82) is 0 Å². The number of hydrogen-bond donors (Lipinski definition) is 1. The first-order valence-electron chi connectivity index (χ1n) is 4.49. The summed E-state index contributed by atoms with van der Waals surface area (Å²) in [5.41, 5.74) is 6.51. The van der Waals surface area contributed by atoms with Gasteiger partial charge in [0, 0.05) is 6.54 Å². The number of ether oxygens (including phenoxy) is 1. The third kappa shape index (κ3) is 3.07. The van der Waals surface area contributed by atoms with E-state index < -0.39 is 0 Å². The first kappa shape index (κ1) is 10.1. The zero-order valence-electron chi connectivity index (χ0n) is 8.50. The van der Waals surface area contributed by atoms with Crippen LogP contribution in [0.2, 0.25) is 0 Å². The van der Waals surface area contributed by atoms with E-state index in [1.165, 1.54) is 5.56 Å². The topological polar surface area (TPSA) is 35.2 Å². The molecule has 0 aliphatic carbocycles. The Bertz CT molecular complexity index is 264. The molecule has 0 saturated heterocycles. The molecule has 0 heterocycles. The van der Waals surface area contributed by atoms with Gasteiger partial charge in [0.1, 0.15) is 11.4 Å². The van der Waals surface area contributed by atoms with E-state index in [1.54, 1.807) is 0 Å². The summed E-state index contributed by atoms with van der Waals surface area (Å²) < 4.78 is 5.68. The van der Waals surface area contributed by atoms with E-state index in [1.807, 2.05) is 38.1 Å². The Morgan fingerprint density at radius 2 is 1.77 bits per heavy atom. The Morgan fingerprint density at radius 3 is 2.23 bits per heavy atom. The van der Waals surface area contributed by atoms with Crippen molar-refractivity contribution in [2.24, 2.45) is 5.73 Å². The van der Waals surface area contributed by atoms with E-state index in [4.69, 9.17) is 10.5 Å². The van der Waals surface area contributed by atoms with Gasteiger partial charge in [-0.3, -0.25) is 0 Å². The maximum atomic E-state index is 5.68. The zero-order chi connectivity index (χ0) is 9.90. The summed E-state index contributed by atoms with van der Waals surface area (Å²) in [6, 6.07) is 7.99. The lowest BCUT2D eigenvalue weighted by Gasteiger charge is -2.24. The standard InChI is InChI=1S/C11H17NO/c1-9-4-6-10(7-5-9)13-11(2,3)8-12/h4-7H,8,12H2,1-3H3. The van der Waals surface area contributed by atoms with Gasteiger partial charge in [-0.2, -0.15) is 0 Å². The second-order valence-electron chi connectivity index (χ2n) is 3.88. The van der Waals surface area contributed by atoms with Gasteiger partial charge in [-0.1, -0.05) is 17.7 Å². The molecule has 0 amide bonds. The van der Waals surface area contributed by atoms with Crippen molar-refractivity contribution >= 4 is 0 Å². The maximum Gasteiger partial charge on any atom is 0.120 e. The Balaban J connectivity index is 2.69. The molecule has 72 valence electrons. The normalized spacial score (nSPS) is 11.4. The first-order chi connectivity index (χ1) is 6.03. The molecule has 2 heteroatoms. The molecule has 0 aliphatic heterocycles. The SMILES string of the molecule is Cc1ccc(OC(C)(C)CN)cc1. The Labute approximate surface area is 79.7 Å². The molecule has 0 aromatic heterocycles. The maximum absolute atomic E-state index is 5.68. The minimum absolute atomic E-state index is 0.282. The summed E-state index contributed by atoms with van der Waals surface area (Å²) in [7, 11) is 0. The van der Waals surface area contributed by atoms with Crippen LogP contribution in [0.15, 0.2) is 24.3 Å². The summed E-state index contributed by atoms with van der Waals surface area (Å²) in [6.45, 7) is 6.53. The van der Waals surface area contributed by atoms with Gasteiger partial charge in [0.05, 0.1) is 0 Å². The largest absolute Gasteiger partial charge is 0.487 e. The molecule has 1 aromatic carbocycles. The lowest BCUT2D eigenvalue weighted by Crippen LogP contribution is -2.37. The van der Waals surface area contributed by atoms with Gasteiger partial charge in [-0.25, -0.2) is 0 Å². The number of nitrogens with two attached hydrogens (primary N) is 1. The third-order valence-electron chi connectivity index (χ3n) is 1.91. The molecule has 0 aliphatic rings. The molecule has 13 heavy (non-hydrogen) atoms. The zero-order valence-corrected chi connectivity index (χ0v) is 8.50. The average molecular weight is 179 g/mol. The van der Waals surface area contributed by atoms with E-state index in [0.717, 1.165) is 5.75 Å². The van der Waals surface area contributed by atoms with Gasteiger partial charge in [0.25, 0.3) is 0 Å². The van der Waals surface area contributed by atoms with Crippen molar-refractivity contribution in [3.63, 3.8) is 0 Å². The van der Waals surface area contributed by atoms with Crippen LogP contribution >= 0.6 is 0 Å². The van der Waals surface area contributed by atoms with Crippen LogP contribution in [0.5, 0.6) is 5.75 Å². The number of rotatable bonds is 3. The van der Waals surface area contributed by atoms with Gasteiger partial charge >= 0.3 is 0 Å². The predicted molar refractivity (Wildman–Crippen MR) is 54.9 cm³/mol. The smallest absolute Gasteiger partial charge is 0.120 e. The fourth-order valence-corrected chi connectivity index (χ4v) is 0.967. The van der Waals surface area contributed by atoms with Gasteiger partial charge in [-0.15, -0.1) is 0 Å². The quantitative estimate of drug-likeness (QED) is 0.771. The highest BCUT2D eigenvalue weighted by Crippen LogP contribution is 2.17. The Hall–Kier alpha value is -1.02. The minimum Gasteiger partial charge on any atom is -0.487 e. The molecule has 0 bridgehead atoms. The van der Waals surface area contributed by atoms with Crippen LogP contribution in [0.4, 0.5) is 0 Å². The van der Waals surface area contributed by atoms with E-state index in [2.05, 4.69) is 6.92 Å². The summed E-state index contributed by atoms with van der Waals surface area (Å²) in [5, 5.41) is 0. The molecular formula is C11H17NO. The highest BCUT2D eigenvalue weighted by Gasteiger charge is 2.16. The van der Waals surface area contributed by atoms with E-state index in [0.29, 0.717) is 6.54 Å². The molecule has 2 N–H and O–H groups in total. The fraction of sp³-hybridized carbons (Fsp3) is 0.455. The summed E-state index contributed by atoms with van der Waals surface area (Å²) in [5.74, 6) is 0.876. The number of aryl methyl sites for hydroxylation is 1. The lowest BCUT2D eigenvalue weighted by molar-refractivity contribution is 0.119. The lowest BCUT2D eigenvalue weighted by atomic mass is 10.1. The van der Waals surface area contributed by atoms with Gasteiger partial charge < -0.3 is 10.5 Å². The van der Waals surface area contributed by atoms with Crippen LogP contribution < -0.4 is 10.5 Å². The molecule has 0 unspecified atom stereocenters. The Morgan fingerprint density at radius 1 is 1.23 bits per heavy atom. The van der Waals surface area contributed by atoms with Gasteiger partial charge in [-0.05, 0) is 32.9 Å². The molecule has 0 fully saturated rings.